The van der Waals surface area contributed by atoms with E-state index in [4.69, 9.17) is 5.11 Å². The fourth-order valence-electron chi connectivity index (χ4n) is 2.18. The van der Waals surface area contributed by atoms with Crippen molar-refractivity contribution in [2.75, 3.05) is 18.0 Å². The molecular weight excluding hydrogens is 233 g/mol. The van der Waals surface area contributed by atoms with Gasteiger partial charge in [-0.15, -0.1) is 0 Å². The molecule has 1 fully saturated rings. The molecule has 1 heterocycles. The van der Waals surface area contributed by atoms with Crippen molar-refractivity contribution in [3.05, 3.63) is 29.6 Å². The topological polar surface area (TPSA) is 40.5 Å². The molecule has 18 heavy (non-hydrogen) atoms. The lowest BCUT2D eigenvalue weighted by atomic mass is 9.75. The molecular formula is C14H18FNO2. The van der Waals surface area contributed by atoms with E-state index in [0.29, 0.717) is 11.6 Å². The average Bonchev–Trinajstić information content (AvgIpc) is 2.15. The highest BCUT2D eigenvalue weighted by molar-refractivity contribution is 5.94. The van der Waals surface area contributed by atoms with Crippen molar-refractivity contribution in [1.82, 2.24) is 0 Å². The van der Waals surface area contributed by atoms with E-state index >= 15 is 0 Å². The number of benzene rings is 1. The van der Waals surface area contributed by atoms with E-state index < -0.39 is 11.8 Å². The molecule has 0 aromatic heterocycles. The van der Waals surface area contributed by atoms with Gasteiger partial charge in [0.05, 0.1) is 11.3 Å². The maximum atomic E-state index is 13.1. The number of carbonyl (C=O) groups is 1. The lowest BCUT2D eigenvalue weighted by Crippen LogP contribution is -2.52. The molecule has 1 N–H and O–H groups in total. The van der Waals surface area contributed by atoms with Gasteiger partial charge in [0.25, 0.3) is 0 Å². The summed E-state index contributed by atoms with van der Waals surface area (Å²) in [5.74, 6) is -1.04. The maximum Gasteiger partial charge on any atom is 0.337 e. The Morgan fingerprint density at radius 3 is 2.50 bits per heavy atom. The van der Waals surface area contributed by atoms with E-state index in [9.17, 15) is 9.18 Å². The van der Waals surface area contributed by atoms with Crippen molar-refractivity contribution < 1.29 is 14.3 Å². The Morgan fingerprint density at radius 1 is 1.39 bits per heavy atom. The van der Waals surface area contributed by atoms with Gasteiger partial charge in [0.15, 0.2) is 0 Å². The zero-order valence-electron chi connectivity index (χ0n) is 10.9. The first-order valence-corrected chi connectivity index (χ1v) is 6.07. The van der Waals surface area contributed by atoms with E-state index in [-0.39, 0.29) is 11.0 Å². The number of anilines is 1. The van der Waals surface area contributed by atoms with Crippen molar-refractivity contribution in [3.63, 3.8) is 0 Å². The fraction of sp³-hybridized carbons (Fsp3) is 0.500. The maximum absolute atomic E-state index is 13.1. The Labute approximate surface area is 106 Å². The summed E-state index contributed by atoms with van der Waals surface area (Å²) < 4.78 is 13.1. The van der Waals surface area contributed by atoms with Crippen LogP contribution in [0, 0.1) is 17.2 Å². The predicted molar refractivity (Wildman–Crippen MR) is 68.5 cm³/mol. The third-order valence-corrected chi connectivity index (χ3v) is 3.64. The van der Waals surface area contributed by atoms with E-state index in [1.807, 2.05) is 4.90 Å². The Hall–Kier alpha value is -1.58. The number of hydrogen-bond acceptors (Lipinski definition) is 2. The summed E-state index contributed by atoms with van der Waals surface area (Å²) in [5.41, 5.74) is 0.881. The molecule has 0 amide bonds. The SMILES string of the molecule is CC(C)(C)C1CN(c2ccc(F)cc2C(=O)O)C1. The molecule has 0 radical (unpaired) electrons. The smallest absolute Gasteiger partial charge is 0.337 e. The largest absolute Gasteiger partial charge is 0.478 e. The minimum atomic E-state index is -1.08. The van der Waals surface area contributed by atoms with E-state index in [0.717, 1.165) is 19.2 Å². The van der Waals surface area contributed by atoms with Crippen LogP contribution in [0.2, 0.25) is 0 Å². The third kappa shape index (κ3) is 2.33. The van der Waals surface area contributed by atoms with Crippen LogP contribution in [0.15, 0.2) is 18.2 Å². The van der Waals surface area contributed by atoms with Gasteiger partial charge in [-0.1, -0.05) is 20.8 Å². The van der Waals surface area contributed by atoms with Crippen molar-refractivity contribution in [1.29, 1.82) is 0 Å². The summed E-state index contributed by atoms with van der Waals surface area (Å²) >= 11 is 0. The van der Waals surface area contributed by atoms with Crippen LogP contribution in [0.3, 0.4) is 0 Å². The fourth-order valence-corrected chi connectivity index (χ4v) is 2.18. The summed E-state index contributed by atoms with van der Waals surface area (Å²) in [6.07, 6.45) is 0. The lowest BCUT2D eigenvalue weighted by Gasteiger charge is -2.48. The quantitative estimate of drug-likeness (QED) is 0.878. The Balaban J connectivity index is 2.19. The summed E-state index contributed by atoms with van der Waals surface area (Å²) in [4.78, 5) is 13.1. The zero-order chi connectivity index (χ0) is 13.5. The molecule has 1 aromatic carbocycles. The molecule has 0 aliphatic carbocycles. The van der Waals surface area contributed by atoms with Crippen LogP contribution >= 0.6 is 0 Å². The average molecular weight is 251 g/mol. The second-order valence-corrected chi connectivity index (χ2v) is 5.93. The summed E-state index contributed by atoms with van der Waals surface area (Å²) in [7, 11) is 0. The number of carboxylic acids is 1. The molecule has 98 valence electrons. The van der Waals surface area contributed by atoms with Crippen LogP contribution in [0.1, 0.15) is 31.1 Å². The normalized spacial score (nSPS) is 16.6. The molecule has 0 bridgehead atoms. The molecule has 2 rings (SSSR count). The Bertz CT molecular complexity index is 473. The van der Waals surface area contributed by atoms with Gasteiger partial charge in [0, 0.05) is 13.1 Å². The molecule has 0 saturated carbocycles. The number of nitrogens with zero attached hydrogens (tertiary/aromatic N) is 1. The van der Waals surface area contributed by atoms with Gasteiger partial charge >= 0.3 is 5.97 Å². The number of rotatable bonds is 2. The minimum absolute atomic E-state index is 0.0439. The van der Waals surface area contributed by atoms with Gasteiger partial charge in [-0.05, 0) is 29.5 Å². The second kappa shape index (κ2) is 4.26. The highest BCUT2D eigenvalue weighted by Crippen LogP contribution is 2.37. The van der Waals surface area contributed by atoms with Crippen molar-refractivity contribution >= 4 is 11.7 Å². The van der Waals surface area contributed by atoms with E-state index in [1.54, 1.807) is 6.07 Å². The van der Waals surface area contributed by atoms with Crippen molar-refractivity contribution in [2.24, 2.45) is 11.3 Å². The van der Waals surface area contributed by atoms with Gasteiger partial charge in [0.2, 0.25) is 0 Å². The van der Waals surface area contributed by atoms with Crippen LogP contribution in [0.25, 0.3) is 0 Å². The standard InChI is InChI=1S/C14H18FNO2/c1-14(2,3)9-7-16(8-9)12-5-4-10(15)6-11(12)13(17)18/h4-6,9H,7-8H2,1-3H3,(H,17,18). The first-order valence-electron chi connectivity index (χ1n) is 6.07. The minimum Gasteiger partial charge on any atom is -0.478 e. The van der Waals surface area contributed by atoms with Crippen LogP contribution in [0.4, 0.5) is 10.1 Å². The summed E-state index contributed by atoms with van der Waals surface area (Å²) in [6.45, 7) is 8.19. The second-order valence-electron chi connectivity index (χ2n) is 5.93. The predicted octanol–water partition coefficient (Wildman–Crippen LogP) is 3.01. The number of hydrogen-bond donors (Lipinski definition) is 1. The number of aromatic carboxylic acids is 1. The molecule has 0 spiro atoms. The molecule has 1 aliphatic heterocycles. The van der Waals surface area contributed by atoms with Crippen molar-refractivity contribution in [3.8, 4) is 0 Å². The highest BCUT2D eigenvalue weighted by atomic mass is 19.1. The molecule has 3 nitrogen and oxygen atoms in total. The molecule has 0 unspecified atom stereocenters. The summed E-state index contributed by atoms with van der Waals surface area (Å²) in [5, 5.41) is 9.09. The van der Waals surface area contributed by atoms with E-state index in [1.165, 1.54) is 6.07 Å². The van der Waals surface area contributed by atoms with Crippen LogP contribution in [-0.4, -0.2) is 24.2 Å². The first-order chi connectivity index (χ1) is 8.29. The summed E-state index contributed by atoms with van der Waals surface area (Å²) in [6, 6.07) is 3.95. The van der Waals surface area contributed by atoms with Gasteiger partial charge in [-0.3, -0.25) is 0 Å². The van der Waals surface area contributed by atoms with Crippen LogP contribution in [-0.2, 0) is 0 Å². The third-order valence-electron chi connectivity index (χ3n) is 3.64. The van der Waals surface area contributed by atoms with Crippen molar-refractivity contribution in [2.45, 2.75) is 20.8 Å². The molecule has 1 aliphatic rings. The number of carboxylic acid groups (broad SMARTS) is 1. The van der Waals surface area contributed by atoms with Crippen LogP contribution in [0.5, 0.6) is 0 Å². The molecule has 1 aromatic rings. The monoisotopic (exact) mass is 251 g/mol. The highest BCUT2D eigenvalue weighted by Gasteiger charge is 2.37. The molecule has 0 atom stereocenters. The van der Waals surface area contributed by atoms with Gasteiger partial charge < -0.3 is 10.0 Å². The van der Waals surface area contributed by atoms with Gasteiger partial charge in [-0.25, -0.2) is 9.18 Å². The van der Waals surface area contributed by atoms with Crippen LogP contribution < -0.4 is 4.90 Å². The lowest BCUT2D eigenvalue weighted by molar-refractivity contribution is 0.0696. The number of halogens is 1. The van der Waals surface area contributed by atoms with Gasteiger partial charge in [-0.2, -0.15) is 0 Å². The van der Waals surface area contributed by atoms with Gasteiger partial charge in [0.1, 0.15) is 5.82 Å². The molecule has 4 heteroatoms. The first kappa shape index (κ1) is 12.9. The Kier molecular flexibility index (Phi) is 3.05. The van der Waals surface area contributed by atoms with E-state index in [2.05, 4.69) is 20.8 Å². The molecule has 1 saturated heterocycles. The zero-order valence-corrected chi connectivity index (χ0v) is 10.9. The Morgan fingerprint density at radius 2 is 2.00 bits per heavy atom.